The lowest BCUT2D eigenvalue weighted by Gasteiger charge is -2.34. The van der Waals surface area contributed by atoms with Gasteiger partial charge in [0.15, 0.2) is 6.29 Å². The van der Waals surface area contributed by atoms with Gasteiger partial charge in [0, 0.05) is 37.6 Å². The van der Waals surface area contributed by atoms with Gasteiger partial charge < -0.3 is 4.74 Å². The predicted molar refractivity (Wildman–Crippen MR) is 90.9 cm³/mol. The number of nitrogens with one attached hydrogen (secondary N) is 1. The number of hydrogen-bond acceptors (Lipinski definition) is 5. The fraction of sp³-hybridized carbons (Fsp3) is 0.588. The molecule has 6 heteroatoms. The lowest BCUT2D eigenvalue weighted by Crippen LogP contribution is -2.45. The number of benzene rings is 1. The van der Waals surface area contributed by atoms with Crippen molar-refractivity contribution in [2.75, 3.05) is 31.2 Å². The Morgan fingerprint density at radius 1 is 1.26 bits per heavy atom. The minimum absolute atomic E-state index is 0.114. The second-order valence-electron chi connectivity index (χ2n) is 5.84. The molecule has 1 N–H and O–H groups in total. The van der Waals surface area contributed by atoms with E-state index in [1.165, 1.54) is 0 Å². The summed E-state index contributed by atoms with van der Waals surface area (Å²) in [7, 11) is 0. The van der Waals surface area contributed by atoms with Crippen molar-refractivity contribution in [2.24, 2.45) is 0 Å². The normalized spacial score (nSPS) is 24.1. The Hall–Kier alpha value is -1.08. The second kappa shape index (κ2) is 8.68. The van der Waals surface area contributed by atoms with Crippen molar-refractivity contribution >= 4 is 17.7 Å². The maximum absolute atomic E-state index is 12.7. The van der Waals surface area contributed by atoms with Gasteiger partial charge in [0.05, 0.1) is 0 Å². The first-order valence-corrected chi connectivity index (χ1v) is 9.44. The maximum Gasteiger partial charge on any atom is 0.265 e. The molecular formula is C17H24N2O3S. The highest BCUT2D eigenvalue weighted by Gasteiger charge is 2.29. The van der Waals surface area contributed by atoms with Crippen molar-refractivity contribution in [2.45, 2.75) is 31.6 Å². The van der Waals surface area contributed by atoms with E-state index in [2.05, 4.69) is 10.4 Å². The van der Waals surface area contributed by atoms with E-state index in [-0.39, 0.29) is 18.2 Å². The summed E-state index contributed by atoms with van der Waals surface area (Å²) < 4.78 is 5.51. The summed E-state index contributed by atoms with van der Waals surface area (Å²) in [6, 6.07) is 9.61. The molecule has 1 amide bonds. The second-order valence-corrected chi connectivity index (χ2v) is 7.07. The maximum atomic E-state index is 12.7. The molecule has 2 aliphatic rings. The van der Waals surface area contributed by atoms with Crippen LogP contribution in [0.15, 0.2) is 30.3 Å². The molecule has 0 unspecified atom stereocenters. The number of carbonyl (C=O) groups is 1. The number of amides is 1. The van der Waals surface area contributed by atoms with Crippen LogP contribution < -0.4 is 5.48 Å². The van der Waals surface area contributed by atoms with Crippen LogP contribution in [0.1, 0.15) is 30.9 Å². The molecule has 126 valence electrons. The fourth-order valence-electron chi connectivity index (χ4n) is 2.98. The van der Waals surface area contributed by atoms with Crippen LogP contribution in [0, 0.1) is 0 Å². The standard InChI is InChI=1S/C17H24N2O3S/c20-17(18-22-15-8-4-5-11-21-15)16(14-6-2-1-3-7-14)19-9-12-23-13-10-19/h1-3,6-7,15-16H,4-5,8-13H2,(H,18,20)/t15-,16-/m1/s1. The van der Waals surface area contributed by atoms with Gasteiger partial charge in [0.1, 0.15) is 6.04 Å². The Balaban J connectivity index is 1.65. The van der Waals surface area contributed by atoms with Gasteiger partial charge in [-0.15, -0.1) is 0 Å². The fourth-order valence-corrected chi connectivity index (χ4v) is 3.91. The van der Waals surface area contributed by atoms with E-state index in [9.17, 15) is 4.79 Å². The van der Waals surface area contributed by atoms with Crippen LogP contribution in [0.3, 0.4) is 0 Å². The minimum Gasteiger partial charge on any atom is -0.350 e. The van der Waals surface area contributed by atoms with Gasteiger partial charge in [0.2, 0.25) is 0 Å². The Kier molecular flexibility index (Phi) is 6.33. The molecule has 23 heavy (non-hydrogen) atoms. The molecule has 0 spiro atoms. The zero-order valence-corrected chi connectivity index (χ0v) is 14.1. The number of hydroxylamine groups is 1. The van der Waals surface area contributed by atoms with Crippen molar-refractivity contribution in [3.05, 3.63) is 35.9 Å². The number of nitrogens with zero attached hydrogens (tertiary/aromatic N) is 1. The molecule has 0 radical (unpaired) electrons. The van der Waals surface area contributed by atoms with Gasteiger partial charge in [0.25, 0.3) is 5.91 Å². The largest absolute Gasteiger partial charge is 0.350 e. The first kappa shape index (κ1) is 16.8. The molecule has 0 bridgehead atoms. The smallest absolute Gasteiger partial charge is 0.265 e. The molecule has 2 fully saturated rings. The van der Waals surface area contributed by atoms with E-state index in [0.717, 1.165) is 49.4 Å². The van der Waals surface area contributed by atoms with Gasteiger partial charge in [-0.3, -0.25) is 9.69 Å². The van der Waals surface area contributed by atoms with Crippen LogP contribution in [0.25, 0.3) is 0 Å². The van der Waals surface area contributed by atoms with Crippen LogP contribution in [0.4, 0.5) is 0 Å². The third-order valence-corrected chi connectivity index (χ3v) is 5.15. The average molecular weight is 336 g/mol. The van der Waals surface area contributed by atoms with E-state index in [0.29, 0.717) is 6.61 Å². The molecule has 5 nitrogen and oxygen atoms in total. The number of ether oxygens (including phenoxy) is 1. The van der Waals surface area contributed by atoms with E-state index in [1.54, 1.807) is 0 Å². The minimum atomic E-state index is -0.318. The Morgan fingerprint density at radius 3 is 2.74 bits per heavy atom. The summed E-state index contributed by atoms with van der Waals surface area (Å²) in [4.78, 5) is 20.5. The number of carbonyl (C=O) groups excluding carboxylic acids is 1. The highest BCUT2D eigenvalue weighted by Crippen LogP contribution is 2.24. The van der Waals surface area contributed by atoms with Gasteiger partial charge in [-0.25, -0.2) is 10.3 Å². The molecule has 1 aromatic rings. The topological polar surface area (TPSA) is 50.8 Å². The van der Waals surface area contributed by atoms with Crippen LogP contribution in [0.5, 0.6) is 0 Å². The summed E-state index contributed by atoms with van der Waals surface area (Å²) in [6.07, 6.45) is 2.65. The van der Waals surface area contributed by atoms with Crippen molar-refractivity contribution in [3.8, 4) is 0 Å². The number of hydrogen-bond donors (Lipinski definition) is 1. The predicted octanol–water partition coefficient (Wildman–Crippen LogP) is 2.35. The lowest BCUT2D eigenvalue weighted by atomic mass is 10.0. The summed E-state index contributed by atoms with van der Waals surface area (Å²) in [6.45, 7) is 2.53. The van der Waals surface area contributed by atoms with Crippen LogP contribution in [0.2, 0.25) is 0 Å². The third kappa shape index (κ3) is 4.70. The van der Waals surface area contributed by atoms with Crippen molar-refractivity contribution in [3.63, 3.8) is 0 Å². The van der Waals surface area contributed by atoms with Crippen molar-refractivity contribution in [1.29, 1.82) is 0 Å². The van der Waals surface area contributed by atoms with Gasteiger partial charge in [-0.05, 0) is 18.4 Å². The van der Waals surface area contributed by atoms with E-state index in [4.69, 9.17) is 9.57 Å². The summed E-state index contributed by atoms with van der Waals surface area (Å²) in [5.41, 5.74) is 3.64. The zero-order valence-electron chi connectivity index (χ0n) is 13.3. The zero-order chi connectivity index (χ0) is 15.9. The van der Waals surface area contributed by atoms with Crippen LogP contribution in [-0.2, 0) is 14.4 Å². The summed E-state index contributed by atoms with van der Waals surface area (Å²) in [5, 5.41) is 0. The Labute approximate surface area is 141 Å². The summed E-state index contributed by atoms with van der Waals surface area (Å²) in [5.74, 6) is 2.00. The number of thioether (sulfide) groups is 1. The third-order valence-electron chi connectivity index (χ3n) is 4.20. The van der Waals surface area contributed by atoms with Crippen molar-refractivity contribution in [1.82, 2.24) is 10.4 Å². The molecule has 2 saturated heterocycles. The molecule has 0 aromatic heterocycles. The first-order chi connectivity index (χ1) is 11.3. The molecule has 1 aromatic carbocycles. The van der Waals surface area contributed by atoms with Gasteiger partial charge >= 0.3 is 0 Å². The van der Waals surface area contributed by atoms with E-state index >= 15 is 0 Å². The van der Waals surface area contributed by atoms with Crippen LogP contribution >= 0.6 is 11.8 Å². The van der Waals surface area contributed by atoms with E-state index < -0.39 is 0 Å². The summed E-state index contributed by atoms with van der Waals surface area (Å²) >= 11 is 1.93. The highest BCUT2D eigenvalue weighted by atomic mass is 32.2. The Bertz CT molecular complexity index is 488. The molecule has 3 rings (SSSR count). The van der Waals surface area contributed by atoms with Crippen molar-refractivity contribution < 1.29 is 14.4 Å². The molecule has 2 heterocycles. The average Bonchev–Trinajstić information content (AvgIpc) is 2.63. The highest BCUT2D eigenvalue weighted by molar-refractivity contribution is 7.99. The molecular weight excluding hydrogens is 312 g/mol. The molecule has 2 aliphatic heterocycles. The van der Waals surface area contributed by atoms with Gasteiger partial charge in [-0.2, -0.15) is 11.8 Å². The number of rotatable bonds is 5. The lowest BCUT2D eigenvalue weighted by molar-refractivity contribution is -0.202. The Morgan fingerprint density at radius 2 is 2.04 bits per heavy atom. The molecule has 0 saturated carbocycles. The van der Waals surface area contributed by atoms with Crippen LogP contribution in [-0.4, -0.2) is 48.3 Å². The van der Waals surface area contributed by atoms with E-state index in [1.807, 2.05) is 42.1 Å². The first-order valence-electron chi connectivity index (χ1n) is 8.28. The SMILES string of the molecule is O=C(NO[C@@H]1CCCCO1)[C@@H](c1ccccc1)N1CCSCC1. The molecule has 0 aliphatic carbocycles. The molecule has 2 atom stereocenters. The monoisotopic (exact) mass is 336 g/mol. The van der Waals surface area contributed by atoms with Gasteiger partial charge in [-0.1, -0.05) is 30.3 Å². The quantitative estimate of drug-likeness (QED) is 0.837.